The maximum absolute atomic E-state index is 13.6. The fraction of sp³-hybridized carbons (Fsp3) is 0.394. The Morgan fingerprint density at radius 1 is 1.00 bits per heavy atom. The van der Waals surface area contributed by atoms with Gasteiger partial charge in [-0.1, -0.05) is 56.3 Å². The van der Waals surface area contributed by atoms with Gasteiger partial charge >= 0.3 is 6.09 Å². The molecule has 0 aliphatic carbocycles. The van der Waals surface area contributed by atoms with Gasteiger partial charge in [0.2, 0.25) is 6.41 Å². The predicted molar refractivity (Wildman–Crippen MR) is 170 cm³/mol. The van der Waals surface area contributed by atoms with Crippen LogP contribution in [0.3, 0.4) is 0 Å². The molecule has 6 nitrogen and oxygen atoms in total. The van der Waals surface area contributed by atoms with E-state index in [1.54, 1.807) is 17.9 Å². The average molecular weight is 584 g/mol. The van der Waals surface area contributed by atoms with Crippen molar-refractivity contribution < 1.29 is 18.7 Å². The zero-order valence-electron chi connectivity index (χ0n) is 25.3. The molecular weight excluding hydrogens is 537 g/mol. The van der Waals surface area contributed by atoms with Gasteiger partial charge in [-0.2, -0.15) is 0 Å². The van der Waals surface area contributed by atoms with Crippen molar-refractivity contribution in [1.82, 2.24) is 10.2 Å². The Labute approximate surface area is 249 Å². The number of nitrogens with zero attached hydrogens (tertiary/aromatic N) is 1. The van der Waals surface area contributed by atoms with Crippen LogP contribution in [0.15, 0.2) is 77.7 Å². The lowest BCUT2D eigenvalue weighted by Crippen LogP contribution is -2.41. The van der Waals surface area contributed by atoms with Crippen LogP contribution in [0.4, 0.5) is 14.9 Å². The number of hydrogen-bond donors (Lipinski definition) is 2. The summed E-state index contributed by atoms with van der Waals surface area (Å²) in [5, 5.41) is 2.54. The number of thioether (sulfide) groups is 1. The first-order valence-corrected chi connectivity index (χ1v) is 15.0. The molecule has 3 N–H and O–H groups in total. The molecule has 2 amide bonds. The smallest absolute Gasteiger partial charge is 0.410 e. The Kier molecular flexibility index (Phi) is 16.9. The molecule has 224 valence electrons. The average Bonchev–Trinajstić information content (AvgIpc) is 2.95. The molecule has 8 heteroatoms. The number of carbonyl (C=O) groups excluding carboxylic acids is 2. The van der Waals surface area contributed by atoms with Crippen molar-refractivity contribution in [3.8, 4) is 0 Å². The summed E-state index contributed by atoms with van der Waals surface area (Å²) in [4.78, 5) is 25.4. The van der Waals surface area contributed by atoms with Crippen LogP contribution in [0.1, 0.15) is 57.7 Å². The largest absolute Gasteiger partial charge is 0.444 e. The van der Waals surface area contributed by atoms with E-state index in [4.69, 9.17) is 10.5 Å². The van der Waals surface area contributed by atoms with Crippen molar-refractivity contribution in [3.05, 3.63) is 95.3 Å². The SMILES string of the molecule is CC.Cc1ccc(CCCN(CCNC=O)C(=O)OC(C)(C)C)cc1F.Nc1ccc(SCc2ccccc2)cc1. The van der Waals surface area contributed by atoms with Crippen LogP contribution in [0.2, 0.25) is 0 Å². The summed E-state index contributed by atoms with van der Waals surface area (Å²) < 4.78 is 18.9. The third-order valence-electron chi connectivity index (χ3n) is 5.52. The maximum atomic E-state index is 13.6. The summed E-state index contributed by atoms with van der Waals surface area (Å²) in [7, 11) is 0. The summed E-state index contributed by atoms with van der Waals surface area (Å²) >= 11 is 1.83. The zero-order valence-corrected chi connectivity index (χ0v) is 26.1. The van der Waals surface area contributed by atoms with Gasteiger partial charge in [-0.05, 0) is 87.6 Å². The molecule has 0 aliphatic heterocycles. The van der Waals surface area contributed by atoms with Crippen LogP contribution in [-0.4, -0.2) is 42.6 Å². The minimum Gasteiger partial charge on any atom is -0.444 e. The van der Waals surface area contributed by atoms with Crippen LogP contribution in [0, 0.1) is 12.7 Å². The van der Waals surface area contributed by atoms with Gasteiger partial charge in [-0.15, -0.1) is 11.8 Å². The number of hydrogen-bond acceptors (Lipinski definition) is 5. The van der Waals surface area contributed by atoms with Crippen molar-refractivity contribution in [2.24, 2.45) is 0 Å². The van der Waals surface area contributed by atoms with E-state index < -0.39 is 11.7 Å². The fourth-order valence-corrected chi connectivity index (χ4v) is 4.30. The molecule has 0 fully saturated rings. The van der Waals surface area contributed by atoms with Gasteiger partial charge in [0.25, 0.3) is 0 Å². The third kappa shape index (κ3) is 15.7. The summed E-state index contributed by atoms with van der Waals surface area (Å²) in [6, 6.07) is 23.6. The molecule has 0 aromatic heterocycles. The lowest BCUT2D eigenvalue weighted by molar-refractivity contribution is -0.109. The summed E-state index contributed by atoms with van der Waals surface area (Å²) in [5.41, 5.74) is 8.73. The van der Waals surface area contributed by atoms with Gasteiger partial charge in [0.1, 0.15) is 11.4 Å². The zero-order chi connectivity index (χ0) is 30.7. The van der Waals surface area contributed by atoms with Gasteiger partial charge in [-0.3, -0.25) is 4.79 Å². The molecule has 3 aromatic carbocycles. The number of carbonyl (C=O) groups is 2. The Morgan fingerprint density at radius 2 is 1.66 bits per heavy atom. The topological polar surface area (TPSA) is 84.7 Å². The lowest BCUT2D eigenvalue weighted by Gasteiger charge is -2.27. The Morgan fingerprint density at radius 3 is 2.24 bits per heavy atom. The first kappa shape index (κ1) is 35.5. The molecule has 3 aromatic rings. The van der Waals surface area contributed by atoms with Crippen molar-refractivity contribution in [2.45, 2.75) is 70.6 Å². The molecule has 0 heterocycles. The molecule has 0 atom stereocenters. The highest BCUT2D eigenvalue weighted by Gasteiger charge is 2.21. The van der Waals surface area contributed by atoms with Gasteiger partial charge in [0.15, 0.2) is 0 Å². The summed E-state index contributed by atoms with van der Waals surface area (Å²) in [6.45, 7) is 12.4. The molecule has 0 radical (unpaired) electrons. The number of rotatable bonds is 11. The van der Waals surface area contributed by atoms with E-state index in [0.29, 0.717) is 44.4 Å². The first-order valence-electron chi connectivity index (χ1n) is 14.0. The second-order valence-electron chi connectivity index (χ2n) is 10.1. The summed E-state index contributed by atoms with van der Waals surface area (Å²) in [5.74, 6) is 0.789. The molecule has 0 unspecified atom stereocenters. The predicted octanol–water partition coefficient (Wildman–Crippen LogP) is 7.64. The van der Waals surface area contributed by atoms with Crippen molar-refractivity contribution >= 4 is 30.0 Å². The minimum absolute atomic E-state index is 0.216. The van der Waals surface area contributed by atoms with E-state index in [1.165, 1.54) is 16.5 Å². The maximum Gasteiger partial charge on any atom is 0.410 e. The number of ether oxygens (including phenoxy) is 1. The van der Waals surface area contributed by atoms with Gasteiger partial charge in [-0.25, -0.2) is 9.18 Å². The highest BCUT2D eigenvalue weighted by atomic mass is 32.2. The van der Waals surface area contributed by atoms with Gasteiger partial charge in [0.05, 0.1) is 0 Å². The van der Waals surface area contributed by atoms with Crippen molar-refractivity contribution in [3.63, 3.8) is 0 Å². The van der Waals surface area contributed by atoms with Gasteiger partial charge in [0, 0.05) is 36.0 Å². The van der Waals surface area contributed by atoms with Crippen LogP contribution < -0.4 is 11.1 Å². The molecular formula is C33H46FN3O3S. The number of anilines is 1. The second kappa shape index (κ2) is 19.5. The van der Waals surface area contributed by atoms with Crippen molar-refractivity contribution in [1.29, 1.82) is 0 Å². The Hall–Kier alpha value is -3.52. The van der Waals surface area contributed by atoms with E-state index >= 15 is 0 Å². The van der Waals surface area contributed by atoms with Crippen LogP contribution in [-0.2, 0) is 21.7 Å². The molecule has 3 rings (SSSR count). The van der Waals surface area contributed by atoms with Crippen LogP contribution in [0.5, 0.6) is 0 Å². The highest BCUT2D eigenvalue weighted by Crippen LogP contribution is 2.23. The molecule has 0 spiro atoms. The normalized spacial score (nSPS) is 10.3. The fourth-order valence-electron chi connectivity index (χ4n) is 3.45. The number of halogens is 1. The number of amides is 2. The second-order valence-corrected chi connectivity index (χ2v) is 11.1. The number of benzene rings is 3. The summed E-state index contributed by atoms with van der Waals surface area (Å²) in [6.07, 6.45) is 1.54. The number of nitrogen functional groups attached to an aromatic ring is 1. The molecule has 0 aliphatic rings. The van der Waals surface area contributed by atoms with E-state index in [0.717, 1.165) is 17.0 Å². The van der Waals surface area contributed by atoms with E-state index in [1.807, 2.05) is 70.6 Å². The quantitative estimate of drug-likeness (QED) is 0.105. The first-order chi connectivity index (χ1) is 19.6. The standard InChI is InChI=1S/C18H27FN2O3.C13H13NS.C2H6/c1-14-7-8-15(12-16(14)19)6-5-10-21(11-9-20-13-22)17(23)24-18(2,3)4;14-12-6-8-13(9-7-12)15-10-11-4-2-1-3-5-11;1-2/h7-8,12-13H,5-6,9-11H2,1-4H3,(H,20,22);1-9H,10,14H2;1-2H3. The van der Waals surface area contributed by atoms with Crippen LogP contribution in [0.25, 0.3) is 0 Å². The van der Waals surface area contributed by atoms with E-state index in [-0.39, 0.29) is 5.82 Å². The van der Waals surface area contributed by atoms with E-state index in [9.17, 15) is 14.0 Å². The monoisotopic (exact) mass is 583 g/mol. The Balaban J connectivity index is 0.000000421. The number of aryl methyl sites for hydroxylation is 2. The molecule has 0 saturated heterocycles. The van der Waals surface area contributed by atoms with Crippen molar-refractivity contribution in [2.75, 3.05) is 25.4 Å². The number of nitrogens with two attached hydrogens (primary N) is 1. The number of nitrogens with one attached hydrogen (secondary N) is 1. The third-order valence-corrected chi connectivity index (χ3v) is 6.60. The molecule has 0 saturated carbocycles. The van der Waals surface area contributed by atoms with E-state index in [2.05, 4.69) is 41.7 Å². The molecule has 0 bridgehead atoms. The highest BCUT2D eigenvalue weighted by molar-refractivity contribution is 7.98. The lowest BCUT2D eigenvalue weighted by atomic mass is 10.1. The minimum atomic E-state index is -0.576. The van der Waals surface area contributed by atoms with Gasteiger partial charge < -0.3 is 20.7 Å². The Bertz CT molecular complexity index is 1150. The molecule has 41 heavy (non-hydrogen) atoms. The van der Waals surface area contributed by atoms with Crippen LogP contribution >= 0.6 is 11.8 Å².